The summed E-state index contributed by atoms with van der Waals surface area (Å²) >= 11 is 3.52. The number of nitrogens with two attached hydrogens (primary N) is 1. The molecule has 0 bridgehead atoms. The molecular formula is C13H16BrN3O. The number of aryl methyl sites for hydroxylation is 2. The molecule has 0 aliphatic rings. The summed E-state index contributed by atoms with van der Waals surface area (Å²) in [6.07, 6.45) is 2.66. The Labute approximate surface area is 115 Å². The third-order valence-electron chi connectivity index (χ3n) is 2.99. The number of benzene rings is 1. The molecule has 0 amide bonds. The van der Waals surface area contributed by atoms with Crippen LogP contribution in [0, 0.1) is 0 Å². The van der Waals surface area contributed by atoms with Crippen molar-refractivity contribution in [3.63, 3.8) is 0 Å². The Kier molecular flexibility index (Phi) is 3.61. The Morgan fingerprint density at radius 2 is 2.11 bits per heavy atom. The first-order chi connectivity index (χ1) is 8.58. The van der Waals surface area contributed by atoms with E-state index in [1.54, 1.807) is 18.0 Å². The van der Waals surface area contributed by atoms with Crippen molar-refractivity contribution in [3.8, 4) is 16.9 Å². The van der Waals surface area contributed by atoms with E-state index in [4.69, 9.17) is 10.5 Å². The van der Waals surface area contributed by atoms with E-state index >= 15 is 0 Å². The highest BCUT2D eigenvalue weighted by atomic mass is 79.9. The fourth-order valence-electron chi connectivity index (χ4n) is 2.01. The second-order valence-electron chi connectivity index (χ2n) is 4.07. The molecule has 0 saturated heterocycles. The first-order valence-corrected chi connectivity index (χ1v) is 6.52. The molecule has 2 N–H and O–H groups in total. The Morgan fingerprint density at radius 1 is 1.39 bits per heavy atom. The van der Waals surface area contributed by atoms with Crippen LogP contribution in [-0.4, -0.2) is 16.9 Å². The minimum atomic E-state index is 0.633. The molecular weight excluding hydrogens is 294 g/mol. The van der Waals surface area contributed by atoms with Gasteiger partial charge in [-0.1, -0.05) is 22.9 Å². The minimum Gasteiger partial charge on any atom is -0.496 e. The first kappa shape index (κ1) is 13.0. The number of anilines is 1. The minimum absolute atomic E-state index is 0.633. The lowest BCUT2D eigenvalue weighted by molar-refractivity contribution is 0.412. The van der Waals surface area contributed by atoms with Gasteiger partial charge in [-0.05, 0) is 24.1 Å². The molecule has 96 valence electrons. The molecule has 0 fully saturated rings. The van der Waals surface area contributed by atoms with Gasteiger partial charge in [0.1, 0.15) is 11.6 Å². The van der Waals surface area contributed by atoms with Crippen LogP contribution in [0.25, 0.3) is 11.1 Å². The highest BCUT2D eigenvalue weighted by molar-refractivity contribution is 9.10. The average Bonchev–Trinajstić information content (AvgIpc) is 2.69. The second-order valence-corrected chi connectivity index (χ2v) is 4.98. The van der Waals surface area contributed by atoms with Crippen molar-refractivity contribution < 1.29 is 4.74 Å². The Bertz CT molecular complexity index is 578. The van der Waals surface area contributed by atoms with E-state index in [-0.39, 0.29) is 0 Å². The van der Waals surface area contributed by atoms with E-state index in [9.17, 15) is 0 Å². The summed E-state index contributed by atoms with van der Waals surface area (Å²) in [6.45, 7) is 2.10. The van der Waals surface area contributed by atoms with Gasteiger partial charge in [-0.3, -0.25) is 4.68 Å². The van der Waals surface area contributed by atoms with Crippen LogP contribution in [-0.2, 0) is 13.5 Å². The molecule has 0 unspecified atom stereocenters. The van der Waals surface area contributed by atoms with E-state index in [2.05, 4.69) is 34.0 Å². The molecule has 1 aromatic carbocycles. The van der Waals surface area contributed by atoms with Gasteiger partial charge in [0.05, 0.1) is 13.3 Å². The summed E-state index contributed by atoms with van der Waals surface area (Å²) in [6, 6.07) is 4.07. The number of nitrogen functional groups attached to an aromatic ring is 1. The number of nitrogens with zero attached hydrogens (tertiary/aromatic N) is 2. The molecule has 0 radical (unpaired) electrons. The van der Waals surface area contributed by atoms with Gasteiger partial charge < -0.3 is 10.5 Å². The highest BCUT2D eigenvalue weighted by Crippen LogP contribution is 2.38. The SMILES string of the molecule is CCc1cc(Br)cc(-c2cnn(C)c2N)c1OC. The quantitative estimate of drug-likeness (QED) is 0.948. The molecule has 0 saturated carbocycles. The van der Waals surface area contributed by atoms with Crippen molar-refractivity contribution in [2.24, 2.45) is 7.05 Å². The lowest BCUT2D eigenvalue weighted by atomic mass is 10.0. The molecule has 2 rings (SSSR count). The number of halogens is 1. The van der Waals surface area contributed by atoms with Crippen molar-refractivity contribution in [1.82, 2.24) is 9.78 Å². The molecule has 1 heterocycles. The molecule has 1 aromatic heterocycles. The molecule has 2 aromatic rings. The number of ether oxygens (including phenoxy) is 1. The van der Waals surface area contributed by atoms with Crippen LogP contribution in [0.4, 0.5) is 5.82 Å². The van der Waals surface area contributed by atoms with Crippen molar-refractivity contribution >= 4 is 21.7 Å². The molecule has 18 heavy (non-hydrogen) atoms. The zero-order valence-electron chi connectivity index (χ0n) is 10.7. The van der Waals surface area contributed by atoms with E-state index in [0.717, 1.165) is 33.3 Å². The summed E-state index contributed by atoms with van der Waals surface area (Å²) in [7, 11) is 3.50. The smallest absolute Gasteiger partial charge is 0.130 e. The molecule has 0 aliphatic carbocycles. The van der Waals surface area contributed by atoms with Crippen LogP contribution in [0.3, 0.4) is 0 Å². The number of hydrogen-bond donors (Lipinski definition) is 1. The summed E-state index contributed by atoms with van der Waals surface area (Å²) in [5, 5.41) is 4.17. The normalized spacial score (nSPS) is 10.7. The zero-order chi connectivity index (χ0) is 13.3. The molecule has 0 aliphatic heterocycles. The largest absolute Gasteiger partial charge is 0.496 e. The molecule has 4 nitrogen and oxygen atoms in total. The lowest BCUT2D eigenvalue weighted by Crippen LogP contribution is -1.99. The number of methoxy groups -OCH3 is 1. The maximum absolute atomic E-state index is 6.03. The van der Waals surface area contributed by atoms with Crippen molar-refractivity contribution in [3.05, 3.63) is 28.4 Å². The lowest BCUT2D eigenvalue weighted by Gasteiger charge is -2.13. The van der Waals surface area contributed by atoms with Crippen LogP contribution in [0.5, 0.6) is 5.75 Å². The third-order valence-corrected chi connectivity index (χ3v) is 3.45. The van der Waals surface area contributed by atoms with E-state index in [0.29, 0.717) is 5.82 Å². The third kappa shape index (κ3) is 2.10. The van der Waals surface area contributed by atoms with Crippen LogP contribution in [0.1, 0.15) is 12.5 Å². The molecule has 0 spiro atoms. The predicted octanol–water partition coefficient (Wildman–Crippen LogP) is 3.00. The second kappa shape index (κ2) is 5.02. The first-order valence-electron chi connectivity index (χ1n) is 5.72. The summed E-state index contributed by atoms with van der Waals surface area (Å²) < 4.78 is 8.19. The summed E-state index contributed by atoms with van der Waals surface area (Å²) in [5.41, 5.74) is 9.03. The highest BCUT2D eigenvalue weighted by Gasteiger charge is 2.16. The van der Waals surface area contributed by atoms with E-state index in [1.165, 1.54) is 0 Å². The zero-order valence-corrected chi connectivity index (χ0v) is 12.3. The summed E-state index contributed by atoms with van der Waals surface area (Å²) in [5.74, 6) is 1.49. The number of hydrogen-bond acceptors (Lipinski definition) is 3. The van der Waals surface area contributed by atoms with Crippen molar-refractivity contribution in [2.75, 3.05) is 12.8 Å². The van der Waals surface area contributed by atoms with Gasteiger partial charge in [-0.15, -0.1) is 0 Å². The Hall–Kier alpha value is -1.49. The Balaban J connectivity index is 2.70. The fraction of sp³-hybridized carbons (Fsp3) is 0.308. The molecule has 0 atom stereocenters. The van der Waals surface area contributed by atoms with Gasteiger partial charge in [-0.2, -0.15) is 5.10 Å². The van der Waals surface area contributed by atoms with Crippen LogP contribution in [0.2, 0.25) is 0 Å². The van der Waals surface area contributed by atoms with E-state index < -0.39 is 0 Å². The number of aromatic nitrogens is 2. The summed E-state index contributed by atoms with van der Waals surface area (Å²) in [4.78, 5) is 0. The number of rotatable bonds is 3. The monoisotopic (exact) mass is 309 g/mol. The van der Waals surface area contributed by atoms with Gasteiger partial charge >= 0.3 is 0 Å². The van der Waals surface area contributed by atoms with Gasteiger partial charge in [0.15, 0.2) is 0 Å². The van der Waals surface area contributed by atoms with Gasteiger partial charge in [0.25, 0.3) is 0 Å². The fourth-order valence-corrected chi connectivity index (χ4v) is 2.51. The predicted molar refractivity (Wildman–Crippen MR) is 76.7 cm³/mol. The standard InChI is InChI=1S/C13H16BrN3O/c1-4-8-5-9(14)6-10(12(8)18-3)11-7-16-17(2)13(11)15/h5-7H,4,15H2,1-3H3. The van der Waals surface area contributed by atoms with Crippen LogP contribution in [0.15, 0.2) is 22.8 Å². The maximum Gasteiger partial charge on any atom is 0.130 e. The van der Waals surface area contributed by atoms with Gasteiger partial charge in [-0.25, -0.2) is 0 Å². The van der Waals surface area contributed by atoms with Gasteiger partial charge in [0, 0.05) is 22.6 Å². The van der Waals surface area contributed by atoms with Crippen molar-refractivity contribution in [2.45, 2.75) is 13.3 Å². The average molecular weight is 310 g/mol. The molecule has 5 heteroatoms. The maximum atomic E-state index is 6.03. The van der Waals surface area contributed by atoms with Crippen LogP contribution >= 0.6 is 15.9 Å². The topological polar surface area (TPSA) is 53.1 Å². The van der Waals surface area contributed by atoms with Crippen LogP contribution < -0.4 is 10.5 Å². The Morgan fingerprint density at radius 3 is 2.61 bits per heavy atom. The van der Waals surface area contributed by atoms with Crippen molar-refractivity contribution in [1.29, 1.82) is 0 Å². The van der Waals surface area contributed by atoms with Gasteiger partial charge in [0.2, 0.25) is 0 Å². The van der Waals surface area contributed by atoms with E-state index in [1.807, 2.05) is 13.1 Å².